The van der Waals surface area contributed by atoms with Crippen molar-refractivity contribution in [3.8, 4) is 0 Å². The minimum atomic E-state index is 0.0663. The van der Waals surface area contributed by atoms with E-state index in [0.717, 1.165) is 45.6 Å². The molecule has 4 rings (SSSR count). The SMILES string of the molecule is O=C(NCC1CN(Cc2cccs2)Cc2ccnn21)N1CCCC1. The topological polar surface area (TPSA) is 53.4 Å². The summed E-state index contributed by atoms with van der Waals surface area (Å²) in [6, 6.07) is 6.62. The molecular weight excluding hydrogens is 322 g/mol. The molecule has 0 aliphatic carbocycles. The molecule has 0 bridgehead atoms. The lowest BCUT2D eigenvalue weighted by Crippen LogP contribution is -2.45. The van der Waals surface area contributed by atoms with Gasteiger partial charge in [0.1, 0.15) is 0 Å². The molecule has 2 aromatic heterocycles. The number of thiophene rings is 1. The van der Waals surface area contributed by atoms with Crippen LogP contribution in [-0.4, -0.2) is 51.8 Å². The smallest absolute Gasteiger partial charge is 0.317 e. The summed E-state index contributed by atoms with van der Waals surface area (Å²) in [5, 5.41) is 9.70. The number of carbonyl (C=O) groups is 1. The summed E-state index contributed by atoms with van der Waals surface area (Å²) in [6.45, 7) is 5.17. The van der Waals surface area contributed by atoms with Gasteiger partial charge in [0, 0.05) is 50.3 Å². The fourth-order valence-electron chi connectivity index (χ4n) is 3.60. The van der Waals surface area contributed by atoms with Gasteiger partial charge >= 0.3 is 6.03 Å². The van der Waals surface area contributed by atoms with E-state index in [-0.39, 0.29) is 12.1 Å². The van der Waals surface area contributed by atoms with Crippen LogP contribution in [0, 0.1) is 0 Å². The Hall–Kier alpha value is -1.86. The van der Waals surface area contributed by atoms with Crippen molar-refractivity contribution < 1.29 is 4.79 Å². The number of carbonyl (C=O) groups excluding carboxylic acids is 1. The molecule has 1 unspecified atom stereocenters. The number of amides is 2. The van der Waals surface area contributed by atoms with Gasteiger partial charge in [-0.3, -0.25) is 9.58 Å². The minimum Gasteiger partial charge on any atom is -0.336 e. The van der Waals surface area contributed by atoms with Crippen LogP contribution in [-0.2, 0) is 13.1 Å². The zero-order valence-electron chi connectivity index (χ0n) is 13.7. The number of nitrogens with one attached hydrogen (secondary N) is 1. The zero-order valence-corrected chi connectivity index (χ0v) is 14.5. The number of urea groups is 1. The zero-order chi connectivity index (χ0) is 16.4. The maximum atomic E-state index is 12.2. The lowest BCUT2D eigenvalue weighted by Gasteiger charge is -2.34. The fourth-order valence-corrected chi connectivity index (χ4v) is 4.34. The molecule has 4 heterocycles. The largest absolute Gasteiger partial charge is 0.336 e. The number of hydrogen-bond donors (Lipinski definition) is 1. The first-order valence-corrected chi connectivity index (χ1v) is 9.47. The van der Waals surface area contributed by atoms with E-state index in [1.54, 1.807) is 11.3 Å². The summed E-state index contributed by atoms with van der Waals surface area (Å²) in [4.78, 5) is 18.0. The molecule has 2 amide bonds. The van der Waals surface area contributed by atoms with Crippen LogP contribution >= 0.6 is 11.3 Å². The van der Waals surface area contributed by atoms with E-state index in [4.69, 9.17) is 0 Å². The molecule has 6 nitrogen and oxygen atoms in total. The summed E-state index contributed by atoms with van der Waals surface area (Å²) >= 11 is 1.80. The third-order valence-electron chi connectivity index (χ3n) is 4.79. The highest BCUT2D eigenvalue weighted by atomic mass is 32.1. The van der Waals surface area contributed by atoms with Crippen molar-refractivity contribution in [1.82, 2.24) is 24.9 Å². The summed E-state index contributed by atoms with van der Waals surface area (Å²) in [6.07, 6.45) is 4.10. The molecule has 1 saturated heterocycles. The summed E-state index contributed by atoms with van der Waals surface area (Å²) in [7, 11) is 0. The Morgan fingerprint density at radius 3 is 3.00 bits per heavy atom. The first-order chi connectivity index (χ1) is 11.8. The van der Waals surface area contributed by atoms with Crippen LogP contribution in [0.4, 0.5) is 4.79 Å². The molecule has 0 aromatic carbocycles. The third-order valence-corrected chi connectivity index (χ3v) is 5.66. The van der Waals surface area contributed by atoms with Crippen LogP contribution in [0.3, 0.4) is 0 Å². The fraction of sp³-hybridized carbons (Fsp3) is 0.529. The van der Waals surface area contributed by atoms with Gasteiger partial charge in [-0.15, -0.1) is 11.3 Å². The van der Waals surface area contributed by atoms with Crippen LogP contribution in [0.25, 0.3) is 0 Å². The molecule has 1 fully saturated rings. The number of rotatable bonds is 4. The number of hydrogen-bond acceptors (Lipinski definition) is 4. The van der Waals surface area contributed by atoms with Gasteiger partial charge < -0.3 is 10.2 Å². The third kappa shape index (κ3) is 3.32. The number of likely N-dealkylation sites (tertiary alicyclic amines) is 1. The van der Waals surface area contributed by atoms with E-state index < -0.39 is 0 Å². The molecule has 2 aromatic rings. The van der Waals surface area contributed by atoms with Gasteiger partial charge in [0.15, 0.2) is 0 Å². The molecule has 2 aliphatic rings. The average Bonchev–Trinajstić information content (AvgIpc) is 3.32. The Morgan fingerprint density at radius 2 is 2.21 bits per heavy atom. The van der Waals surface area contributed by atoms with Crippen molar-refractivity contribution in [3.63, 3.8) is 0 Å². The summed E-state index contributed by atoms with van der Waals surface area (Å²) < 4.78 is 2.08. The van der Waals surface area contributed by atoms with Crippen molar-refractivity contribution in [3.05, 3.63) is 40.3 Å². The van der Waals surface area contributed by atoms with Gasteiger partial charge in [-0.05, 0) is 30.4 Å². The second kappa shape index (κ2) is 6.94. The number of fused-ring (bicyclic) bond motifs is 1. The Balaban J connectivity index is 1.40. The lowest BCUT2D eigenvalue weighted by molar-refractivity contribution is 0.162. The molecule has 0 saturated carbocycles. The van der Waals surface area contributed by atoms with E-state index in [1.165, 1.54) is 10.6 Å². The van der Waals surface area contributed by atoms with Gasteiger partial charge in [-0.1, -0.05) is 6.07 Å². The van der Waals surface area contributed by atoms with E-state index in [2.05, 4.69) is 43.6 Å². The highest BCUT2D eigenvalue weighted by molar-refractivity contribution is 7.09. The van der Waals surface area contributed by atoms with Crippen LogP contribution < -0.4 is 5.32 Å². The molecule has 2 aliphatic heterocycles. The summed E-state index contributed by atoms with van der Waals surface area (Å²) in [5.41, 5.74) is 1.22. The van der Waals surface area contributed by atoms with Crippen molar-refractivity contribution in [1.29, 1.82) is 0 Å². The second-order valence-corrected chi connectivity index (χ2v) is 7.58. The maximum Gasteiger partial charge on any atom is 0.317 e. The minimum absolute atomic E-state index is 0.0663. The van der Waals surface area contributed by atoms with E-state index in [9.17, 15) is 4.79 Å². The van der Waals surface area contributed by atoms with Crippen molar-refractivity contribution in [2.45, 2.75) is 32.0 Å². The molecule has 0 radical (unpaired) electrons. The lowest BCUT2D eigenvalue weighted by atomic mass is 10.2. The van der Waals surface area contributed by atoms with Crippen LogP contribution in [0.1, 0.15) is 29.5 Å². The Bertz CT molecular complexity index is 677. The van der Waals surface area contributed by atoms with Gasteiger partial charge in [0.05, 0.1) is 11.7 Å². The van der Waals surface area contributed by atoms with E-state index >= 15 is 0 Å². The predicted octanol–water partition coefficient (Wildman–Crippen LogP) is 2.31. The number of nitrogens with zero attached hydrogens (tertiary/aromatic N) is 4. The van der Waals surface area contributed by atoms with E-state index in [0.29, 0.717) is 6.54 Å². The first-order valence-electron chi connectivity index (χ1n) is 8.59. The Kier molecular flexibility index (Phi) is 4.53. The highest BCUT2D eigenvalue weighted by Crippen LogP contribution is 2.23. The van der Waals surface area contributed by atoms with Crippen molar-refractivity contribution in [2.24, 2.45) is 0 Å². The van der Waals surface area contributed by atoms with Gasteiger partial charge in [0.25, 0.3) is 0 Å². The maximum absolute atomic E-state index is 12.2. The van der Waals surface area contributed by atoms with Crippen molar-refractivity contribution >= 4 is 17.4 Å². The molecule has 1 N–H and O–H groups in total. The number of aromatic nitrogens is 2. The van der Waals surface area contributed by atoms with Gasteiger partial charge in [-0.25, -0.2) is 4.79 Å². The van der Waals surface area contributed by atoms with Gasteiger partial charge in [-0.2, -0.15) is 5.10 Å². The molecule has 128 valence electrons. The highest BCUT2D eigenvalue weighted by Gasteiger charge is 2.27. The standard InChI is InChI=1S/C17H23N5OS/c23-17(21-7-1-2-8-21)18-10-15-12-20(13-16-4-3-9-24-16)11-14-5-6-19-22(14)15/h3-6,9,15H,1-2,7-8,10-13H2,(H,18,23). The normalized spacial score (nSPS) is 21.0. The Labute approximate surface area is 146 Å². The summed E-state index contributed by atoms with van der Waals surface area (Å²) in [5.74, 6) is 0. The molecule has 1 atom stereocenters. The van der Waals surface area contributed by atoms with Gasteiger partial charge in [0.2, 0.25) is 0 Å². The second-order valence-electron chi connectivity index (χ2n) is 6.55. The Morgan fingerprint density at radius 1 is 1.33 bits per heavy atom. The molecule has 24 heavy (non-hydrogen) atoms. The quantitative estimate of drug-likeness (QED) is 0.925. The predicted molar refractivity (Wildman–Crippen MR) is 93.9 cm³/mol. The molecule has 0 spiro atoms. The average molecular weight is 345 g/mol. The van der Waals surface area contributed by atoms with Crippen LogP contribution in [0.15, 0.2) is 29.8 Å². The monoisotopic (exact) mass is 345 g/mol. The van der Waals surface area contributed by atoms with Crippen molar-refractivity contribution in [2.75, 3.05) is 26.2 Å². The van der Waals surface area contributed by atoms with Crippen LogP contribution in [0.2, 0.25) is 0 Å². The van der Waals surface area contributed by atoms with Crippen LogP contribution in [0.5, 0.6) is 0 Å². The van der Waals surface area contributed by atoms with E-state index in [1.807, 2.05) is 11.1 Å². The molecule has 7 heteroatoms. The molecular formula is C17H23N5OS. The first kappa shape index (κ1) is 15.7.